The van der Waals surface area contributed by atoms with Crippen LogP contribution < -0.4 is 0 Å². The van der Waals surface area contributed by atoms with E-state index < -0.39 is 5.60 Å². The molecule has 0 aromatic heterocycles. The van der Waals surface area contributed by atoms with E-state index in [-0.39, 0.29) is 5.60 Å². The lowest BCUT2D eigenvalue weighted by atomic mass is 9.59. The van der Waals surface area contributed by atoms with Gasteiger partial charge in [-0.3, -0.25) is 0 Å². The fraction of sp³-hybridized carbons (Fsp3) is 1.00. The van der Waals surface area contributed by atoms with Crippen molar-refractivity contribution in [3.63, 3.8) is 0 Å². The Labute approximate surface area is 105 Å². The summed E-state index contributed by atoms with van der Waals surface area (Å²) in [4.78, 5) is 0. The van der Waals surface area contributed by atoms with Crippen LogP contribution in [-0.4, -0.2) is 22.4 Å². The number of hydrogen-bond acceptors (Lipinski definition) is 2. The van der Waals surface area contributed by atoms with Gasteiger partial charge in [0.25, 0.3) is 0 Å². The molecule has 3 fully saturated rings. The second-order valence-electron chi connectivity index (χ2n) is 7.44. The number of ether oxygens (including phenoxy) is 1. The maximum Gasteiger partial charge on any atom is 0.0978 e. The van der Waals surface area contributed by atoms with E-state index in [1.165, 1.54) is 25.7 Å². The molecule has 5 atom stereocenters. The van der Waals surface area contributed by atoms with E-state index in [2.05, 4.69) is 13.8 Å². The summed E-state index contributed by atoms with van der Waals surface area (Å²) in [5.74, 6) is 1.20. The molecule has 17 heavy (non-hydrogen) atoms. The van der Waals surface area contributed by atoms with E-state index in [0.717, 1.165) is 12.3 Å². The Morgan fingerprint density at radius 2 is 1.94 bits per heavy atom. The fourth-order valence-electron chi connectivity index (χ4n) is 4.78. The molecule has 0 aromatic rings. The van der Waals surface area contributed by atoms with Gasteiger partial charge in [-0.05, 0) is 64.7 Å². The van der Waals surface area contributed by atoms with Crippen LogP contribution in [0.2, 0.25) is 0 Å². The van der Waals surface area contributed by atoms with Gasteiger partial charge in [-0.15, -0.1) is 0 Å². The van der Waals surface area contributed by atoms with Gasteiger partial charge in [0.1, 0.15) is 0 Å². The monoisotopic (exact) mass is 238 g/mol. The number of epoxide rings is 1. The molecule has 1 saturated heterocycles. The molecule has 1 aliphatic heterocycles. The van der Waals surface area contributed by atoms with E-state index in [1.807, 2.05) is 13.8 Å². The van der Waals surface area contributed by atoms with E-state index in [0.29, 0.717) is 17.4 Å². The SMILES string of the molecule is CC1CCC2OC2(C)C12CCC(C(C)(C)O)C2. The Bertz CT molecular complexity index is 332. The van der Waals surface area contributed by atoms with Crippen molar-refractivity contribution < 1.29 is 9.84 Å². The van der Waals surface area contributed by atoms with Gasteiger partial charge in [-0.2, -0.15) is 0 Å². The predicted molar refractivity (Wildman–Crippen MR) is 67.7 cm³/mol. The molecule has 2 heteroatoms. The van der Waals surface area contributed by atoms with Crippen LogP contribution in [0.4, 0.5) is 0 Å². The normalized spacial score (nSPS) is 53.8. The standard InChI is InChI=1S/C15H26O2/c1-10-5-6-12-14(4,17-12)15(10)8-7-11(9-15)13(2,3)16/h10-12,16H,5-9H2,1-4H3. The van der Waals surface area contributed by atoms with Crippen LogP contribution in [0.3, 0.4) is 0 Å². The van der Waals surface area contributed by atoms with Crippen LogP contribution in [0, 0.1) is 17.3 Å². The lowest BCUT2D eigenvalue weighted by Crippen LogP contribution is -2.45. The molecule has 1 heterocycles. The molecular weight excluding hydrogens is 212 g/mol. The second-order valence-corrected chi connectivity index (χ2v) is 7.44. The molecular formula is C15H26O2. The van der Waals surface area contributed by atoms with Crippen LogP contribution in [0.1, 0.15) is 59.8 Å². The zero-order valence-corrected chi connectivity index (χ0v) is 11.6. The molecule has 3 rings (SSSR count). The topological polar surface area (TPSA) is 32.8 Å². The van der Waals surface area contributed by atoms with E-state index >= 15 is 0 Å². The average molecular weight is 238 g/mol. The number of fused-ring (bicyclic) bond motifs is 2. The minimum atomic E-state index is -0.526. The maximum atomic E-state index is 10.3. The van der Waals surface area contributed by atoms with Gasteiger partial charge < -0.3 is 9.84 Å². The summed E-state index contributed by atoms with van der Waals surface area (Å²) in [5.41, 5.74) is -0.0489. The maximum absolute atomic E-state index is 10.3. The third-order valence-electron chi connectivity index (χ3n) is 6.29. The van der Waals surface area contributed by atoms with Gasteiger partial charge in [-0.25, -0.2) is 0 Å². The minimum absolute atomic E-state index is 0.130. The van der Waals surface area contributed by atoms with Crippen molar-refractivity contribution in [1.82, 2.24) is 0 Å². The van der Waals surface area contributed by atoms with Crippen LogP contribution in [0.15, 0.2) is 0 Å². The zero-order valence-electron chi connectivity index (χ0n) is 11.6. The van der Waals surface area contributed by atoms with Crippen molar-refractivity contribution in [3.05, 3.63) is 0 Å². The highest BCUT2D eigenvalue weighted by molar-refractivity contribution is 5.19. The summed E-state index contributed by atoms with van der Waals surface area (Å²) in [7, 11) is 0. The summed E-state index contributed by atoms with van der Waals surface area (Å²) < 4.78 is 6.05. The summed E-state index contributed by atoms with van der Waals surface area (Å²) in [6.07, 6.45) is 6.63. The van der Waals surface area contributed by atoms with Crippen LogP contribution in [0.25, 0.3) is 0 Å². The van der Waals surface area contributed by atoms with E-state index in [9.17, 15) is 5.11 Å². The first-order valence-electron chi connectivity index (χ1n) is 7.20. The highest BCUT2D eigenvalue weighted by atomic mass is 16.6. The first kappa shape index (κ1) is 12.0. The van der Waals surface area contributed by atoms with Crippen LogP contribution >= 0.6 is 0 Å². The molecule has 0 radical (unpaired) electrons. The van der Waals surface area contributed by atoms with Crippen molar-refractivity contribution in [2.45, 2.75) is 77.1 Å². The van der Waals surface area contributed by atoms with Crippen LogP contribution in [-0.2, 0) is 4.74 Å². The van der Waals surface area contributed by atoms with E-state index in [4.69, 9.17) is 4.74 Å². The lowest BCUT2D eigenvalue weighted by Gasteiger charge is -2.43. The molecule has 2 saturated carbocycles. The lowest BCUT2D eigenvalue weighted by molar-refractivity contribution is -0.00596. The Morgan fingerprint density at radius 1 is 1.24 bits per heavy atom. The van der Waals surface area contributed by atoms with Gasteiger partial charge >= 0.3 is 0 Å². The smallest absolute Gasteiger partial charge is 0.0978 e. The minimum Gasteiger partial charge on any atom is -0.390 e. The van der Waals surface area contributed by atoms with Gasteiger partial charge in [0.15, 0.2) is 0 Å². The van der Waals surface area contributed by atoms with Gasteiger partial charge in [0.05, 0.1) is 17.3 Å². The quantitative estimate of drug-likeness (QED) is 0.712. The van der Waals surface area contributed by atoms with Crippen LogP contribution in [0.5, 0.6) is 0 Å². The summed E-state index contributed by atoms with van der Waals surface area (Å²) in [5, 5.41) is 10.3. The first-order valence-corrected chi connectivity index (χ1v) is 7.20. The number of hydrogen-bond donors (Lipinski definition) is 1. The van der Waals surface area contributed by atoms with Crippen molar-refractivity contribution in [1.29, 1.82) is 0 Å². The van der Waals surface area contributed by atoms with Gasteiger partial charge in [0.2, 0.25) is 0 Å². The Morgan fingerprint density at radius 3 is 2.53 bits per heavy atom. The van der Waals surface area contributed by atoms with Crippen molar-refractivity contribution in [3.8, 4) is 0 Å². The van der Waals surface area contributed by atoms with Crippen molar-refractivity contribution in [2.75, 3.05) is 0 Å². The first-order chi connectivity index (χ1) is 7.80. The number of rotatable bonds is 1. The molecule has 0 amide bonds. The third-order valence-corrected chi connectivity index (χ3v) is 6.29. The molecule has 1 spiro atoms. The molecule has 0 bridgehead atoms. The largest absolute Gasteiger partial charge is 0.390 e. The fourth-order valence-corrected chi connectivity index (χ4v) is 4.78. The summed E-state index contributed by atoms with van der Waals surface area (Å²) >= 11 is 0. The highest BCUT2D eigenvalue weighted by Crippen LogP contribution is 2.68. The van der Waals surface area contributed by atoms with E-state index in [1.54, 1.807) is 0 Å². The highest BCUT2D eigenvalue weighted by Gasteiger charge is 2.70. The molecule has 98 valence electrons. The second kappa shape index (κ2) is 3.27. The van der Waals surface area contributed by atoms with Gasteiger partial charge in [0, 0.05) is 5.41 Å². The third kappa shape index (κ3) is 1.46. The predicted octanol–water partition coefficient (Wildman–Crippen LogP) is 3.13. The summed E-state index contributed by atoms with van der Waals surface area (Å²) in [6.45, 7) is 8.66. The Balaban J connectivity index is 1.87. The molecule has 0 aromatic carbocycles. The number of aliphatic hydroxyl groups is 1. The van der Waals surface area contributed by atoms with Gasteiger partial charge in [-0.1, -0.05) is 6.92 Å². The molecule has 2 aliphatic carbocycles. The molecule has 1 N–H and O–H groups in total. The Kier molecular flexibility index (Phi) is 2.30. The molecule has 3 aliphatic rings. The Hall–Kier alpha value is -0.0800. The zero-order chi connectivity index (χ0) is 12.5. The van der Waals surface area contributed by atoms with Crippen molar-refractivity contribution >= 4 is 0 Å². The van der Waals surface area contributed by atoms with Crippen molar-refractivity contribution in [2.24, 2.45) is 17.3 Å². The summed E-state index contributed by atoms with van der Waals surface area (Å²) in [6, 6.07) is 0. The molecule has 5 unspecified atom stereocenters. The average Bonchev–Trinajstić information content (AvgIpc) is 2.74. The molecule has 2 nitrogen and oxygen atoms in total.